The van der Waals surface area contributed by atoms with Crippen molar-refractivity contribution in [1.29, 1.82) is 0 Å². The van der Waals surface area contributed by atoms with Crippen LogP contribution in [-0.4, -0.2) is 49.5 Å². The molecule has 0 aromatic carbocycles. The van der Waals surface area contributed by atoms with Gasteiger partial charge in [0.15, 0.2) is 5.03 Å². The molecule has 1 saturated heterocycles. The highest BCUT2D eigenvalue weighted by molar-refractivity contribution is 7.91. The van der Waals surface area contributed by atoms with E-state index in [9.17, 15) is 13.2 Å². The molecule has 31 heavy (non-hydrogen) atoms. The summed E-state index contributed by atoms with van der Waals surface area (Å²) < 4.78 is 27.1. The van der Waals surface area contributed by atoms with Crippen LogP contribution in [-0.2, 0) is 9.84 Å². The minimum Gasteiger partial charge on any atom is -0.365 e. The Kier molecular flexibility index (Phi) is 6.01. The first-order valence-corrected chi connectivity index (χ1v) is 11.9. The predicted octanol–water partition coefficient (Wildman–Crippen LogP) is 2.88. The second-order valence-corrected chi connectivity index (χ2v) is 11.0. The van der Waals surface area contributed by atoms with Crippen molar-refractivity contribution in [1.82, 2.24) is 9.97 Å². The molecule has 0 aliphatic carbocycles. The van der Waals surface area contributed by atoms with Gasteiger partial charge in [0.2, 0.25) is 9.84 Å². The SMILES string of the molecule is CC1CN(c2nccc(S(=O)(=O)c3cccc(N(C)C(C)C)n3)c2C(N)=O)C(C)(C)C1. The van der Waals surface area contributed by atoms with E-state index >= 15 is 0 Å². The smallest absolute Gasteiger partial charge is 0.253 e. The fourth-order valence-corrected chi connectivity index (χ4v) is 5.58. The third kappa shape index (κ3) is 4.23. The lowest BCUT2D eigenvalue weighted by Gasteiger charge is -2.33. The molecule has 0 radical (unpaired) electrons. The number of sulfone groups is 1. The molecule has 1 unspecified atom stereocenters. The summed E-state index contributed by atoms with van der Waals surface area (Å²) in [5, 5.41) is -0.133. The Morgan fingerprint density at radius 1 is 1.29 bits per heavy atom. The number of nitrogens with zero attached hydrogens (tertiary/aromatic N) is 4. The minimum absolute atomic E-state index is 0.0888. The van der Waals surface area contributed by atoms with Crippen LogP contribution in [0.5, 0.6) is 0 Å². The van der Waals surface area contributed by atoms with E-state index in [0.717, 1.165) is 6.42 Å². The monoisotopic (exact) mass is 445 g/mol. The summed E-state index contributed by atoms with van der Waals surface area (Å²) in [6.45, 7) is 10.9. The van der Waals surface area contributed by atoms with Gasteiger partial charge >= 0.3 is 0 Å². The second-order valence-electron chi connectivity index (χ2n) is 9.15. The molecule has 1 fully saturated rings. The van der Waals surface area contributed by atoms with Crippen molar-refractivity contribution < 1.29 is 13.2 Å². The number of hydrogen-bond donors (Lipinski definition) is 1. The van der Waals surface area contributed by atoms with Crippen molar-refractivity contribution in [3.8, 4) is 0 Å². The Morgan fingerprint density at radius 2 is 1.97 bits per heavy atom. The third-order valence-corrected chi connectivity index (χ3v) is 7.57. The van der Waals surface area contributed by atoms with E-state index in [-0.39, 0.29) is 27.1 Å². The van der Waals surface area contributed by atoms with Crippen LogP contribution in [0.3, 0.4) is 0 Å². The van der Waals surface area contributed by atoms with Crippen molar-refractivity contribution in [3.63, 3.8) is 0 Å². The van der Waals surface area contributed by atoms with Crippen LogP contribution < -0.4 is 15.5 Å². The van der Waals surface area contributed by atoms with Crippen LogP contribution in [0, 0.1) is 5.92 Å². The largest absolute Gasteiger partial charge is 0.365 e. The van der Waals surface area contributed by atoms with Gasteiger partial charge in [0.25, 0.3) is 5.91 Å². The summed E-state index contributed by atoms with van der Waals surface area (Å²) in [6.07, 6.45) is 2.31. The van der Waals surface area contributed by atoms with E-state index in [1.807, 2.05) is 30.7 Å². The maximum Gasteiger partial charge on any atom is 0.253 e. The first-order chi connectivity index (χ1) is 14.4. The predicted molar refractivity (Wildman–Crippen MR) is 121 cm³/mol. The number of primary amides is 1. The van der Waals surface area contributed by atoms with E-state index in [1.54, 1.807) is 12.1 Å². The van der Waals surface area contributed by atoms with Crippen LogP contribution in [0.2, 0.25) is 0 Å². The van der Waals surface area contributed by atoms with Crippen LogP contribution >= 0.6 is 0 Å². The second kappa shape index (κ2) is 8.11. The Balaban J connectivity index is 2.17. The molecule has 1 amide bonds. The number of nitrogens with two attached hydrogens (primary N) is 1. The normalized spacial score (nSPS) is 18.4. The van der Waals surface area contributed by atoms with Gasteiger partial charge in [0, 0.05) is 31.4 Å². The molecule has 9 heteroatoms. The number of carbonyl (C=O) groups excluding carboxylic acids is 1. The summed E-state index contributed by atoms with van der Waals surface area (Å²) in [6, 6.07) is 6.29. The maximum atomic E-state index is 13.6. The number of hydrogen-bond acceptors (Lipinski definition) is 7. The molecule has 1 atom stereocenters. The maximum absolute atomic E-state index is 13.6. The molecule has 1 aliphatic heterocycles. The zero-order valence-corrected chi connectivity index (χ0v) is 19.8. The van der Waals surface area contributed by atoms with Crippen LogP contribution in [0.25, 0.3) is 0 Å². The lowest BCUT2D eigenvalue weighted by atomic mass is 9.97. The van der Waals surface area contributed by atoms with Crippen LogP contribution in [0.15, 0.2) is 40.4 Å². The molecule has 168 valence electrons. The Labute approximate surface area is 184 Å². The minimum atomic E-state index is -4.10. The quantitative estimate of drug-likeness (QED) is 0.728. The number of amides is 1. The highest BCUT2D eigenvalue weighted by Crippen LogP contribution is 2.39. The van der Waals surface area contributed by atoms with Gasteiger partial charge in [-0.1, -0.05) is 13.0 Å². The average Bonchev–Trinajstić information content (AvgIpc) is 2.98. The van der Waals surface area contributed by atoms with Gasteiger partial charge in [0.05, 0.1) is 4.90 Å². The summed E-state index contributed by atoms with van der Waals surface area (Å²) in [4.78, 5) is 24.9. The van der Waals surface area contributed by atoms with E-state index in [0.29, 0.717) is 24.1 Å². The summed E-state index contributed by atoms with van der Waals surface area (Å²) in [5.41, 5.74) is 5.33. The number of aromatic nitrogens is 2. The fourth-order valence-electron chi connectivity index (χ4n) is 4.18. The van der Waals surface area contributed by atoms with Gasteiger partial charge in [-0.05, 0) is 58.2 Å². The van der Waals surface area contributed by atoms with Gasteiger partial charge in [-0.15, -0.1) is 0 Å². The van der Waals surface area contributed by atoms with Crippen molar-refractivity contribution in [2.24, 2.45) is 11.7 Å². The number of pyridine rings is 2. The molecular weight excluding hydrogens is 414 g/mol. The van der Waals surface area contributed by atoms with Gasteiger partial charge in [-0.3, -0.25) is 4.79 Å². The average molecular weight is 446 g/mol. The lowest BCUT2D eigenvalue weighted by molar-refractivity contribution is 0.0997. The molecule has 3 rings (SSSR count). The zero-order chi connectivity index (χ0) is 23.1. The first-order valence-electron chi connectivity index (χ1n) is 10.4. The molecule has 2 aromatic heterocycles. The molecule has 0 saturated carbocycles. The van der Waals surface area contributed by atoms with Crippen molar-refractivity contribution >= 4 is 27.4 Å². The Hall–Kier alpha value is -2.68. The van der Waals surface area contributed by atoms with Gasteiger partial charge in [0.1, 0.15) is 17.2 Å². The lowest BCUT2D eigenvalue weighted by Crippen LogP contribution is -2.40. The highest BCUT2D eigenvalue weighted by Gasteiger charge is 2.40. The first kappa shape index (κ1) is 23.0. The van der Waals surface area contributed by atoms with Crippen LogP contribution in [0.4, 0.5) is 11.6 Å². The van der Waals surface area contributed by atoms with Crippen molar-refractivity contribution in [2.45, 2.75) is 62.5 Å². The van der Waals surface area contributed by atoms with E-state index in [4.69, 9.17) is 5.73 Å². The van der Waals surface area contributed by atoms with Gasteiger partial charge < -0.3 is 15.5 Å². The fraction of sp³-hybridized carbons (Fsp3) is 0.500. The van der Waals surface area contributed by atoms with E-state index in [2.05, 4.69) is 30.7 Å². The van der Waals surface area contributed by atoms with Crippen molar-refractivity contribution in [2.75, 3.05) is 23.4 Å². The summed E-state index contributed by atoms with van der Waals surface area (Å²) >= 11 is 0. The Bertz CT molecular complexity index is 1100. The molecular formula is C22H31N5O3S. The number of carbonyl (C=O) groups is 1. The number of rotatable bonds is 6. The highest BCUT2D eigenvalue weighted by atomic mass is 32.2. The molecule has 1 aliphatic rings. The molecule has 8 nitrogen and oxygen atoms in total. The topological polar surface area (TPSA) is 109 Å². The number of anilines is 2. The van der Waals surface area contributed by atoms with Crippen molar-refractivity contribution in [3.05, 3.63) is 36.0 Å². The molecule has 2 N–H and O–H groups in total. The molecule has 0 bridgehead atoms. The van der Waals surface area contributed by atoms with E-state index in [1.165, 1.54) is 18.3 Å². The van der Waals surface area contributed by atoms with Crippen LogP contribution in [0.1, 0.15) is 51.4 Å². The zero-order valence-electron chi connectivity index (χ0n) is 19.0. The third-order valence-electron chi connectivity index (χ3n) is 5.88. The summed E-state index contributed by atoms with van der Waals surface area (Å²) in [7, 11) is -2.26. The standard InChI is InChI=1S/C22H31N5O3S/c1-14(2)26(6)17-8-7-9-18(25-17)31(29,30)16-10-11-24-21(19(16)20(23)28)27-13-15(3)12-22(27,4)5/h7-11,14-15H,12-13H2,1-6H3,(H2,23,28). The Morgan fingerprint density at radius 3 is 2.52 bits per heavy atom. The summed E-state index contributed by atoms with van der Waals surface area (Å²) in [5.74, 6) is 0.383. The van der Waals surface area contributed by atoms with Gasteiger partial charge in [-0.2, -0.15) is 0 Å². The molecule has 2 aromatic rings. The van der Waals surface area contributed by atoms with Gasteiger partial charge in [-0.25, -0.2) is 18.4 Å². The molecule has 3 heterocycles. The van der Waals surface area contributed by atoms with E-state index < -0.39 is 15.7 Å². The molecule has 0 spiro atoms.